The van der Waals surface area contributed by atoms with Crippen LogP contribution in [-0.4, -0.2) is 17.8 Å². The molecule has 0 saturated heterocycles. The van der Waals surface area contributed by atoms with Gasteiger partial charge in [0.1, 0.15) is 7.05 Å². The lowest BCUT2D eigenvalue weighted by Crippen LogP contribution is -2.07. The molecule has 0 atom stereocenters. The number of allylic oxidation sites excluding steroid dienone is 4. The van der Waals surface area contributed by atoms with E-state index in [1.807, 2.05) is 71.5 Å². The van der Waals surface area contributed by atoms with Crippen molar-refractivity contribution in [1.29, 1.82) is 0 Å². The van der Waals surface area contributed by atoms with E-state index in [-0.39, 0.29) is 0 Å². The van der Waals surface area contributed by atoms with Gasteiger partial charge in [0.15, 0.2) is 6.21 Å². The van der Waals surface area contributed by atoms with Gasteiger partial charge in [0.05, 0.1) is 0 Å². The molecule has 0 aromatic heterocycles. The smallest absolute Gasteiger partial charge is 0.201 e. The average molecular weight is 355 g/mol. The largest absolute Gasteiger partial charge is 0.204 e. The molecule has 0 spiro atoms. The number of likely N-dealkylation sites (N-methyl/N-ethyl adjacent to an activating group) is 1. The molecule has 1 heteroatoms. The van der Waals surface area contributed by atoms with E-state index in [9.17, 15) is 0 Å². The molecule has 1 nitrogen and oxygen atoms in total. The Morgan fingerprint density at radius 2 is 1.35 bits per heavy atom. The summed E-state index contributed by atoms with van der Waals surface area (Å²) in [5, 5.41) is 0. The van der Waals surface area contributed by atoms with Crippen LogP contribution in [-0.2, 0) is 0 Å². The highest BCUT2D eigenvalue weighted by molar-refractivity contribution is 6.06. The van der Waals surface area contributed by atoms with Gasteiger partial charge in [-0.15, -0.1) is 0 Å². The van der Waals surface area contributed by atoms with Gasteiger partial charge in [-0.05, 0) is 25.1 Å². The first-order valence-electron chi connectivity index (χ1n) is 9.46. The first-order chi connectivity index (χ1) is 12.5. The van der Waals surface area contributed by atoms with Crippen molar-refractivity contribution in [2.75, 3.05) is 7.05 Å². The quantitative estimate of drug-likeness (QED) is 0.281. The van der Waals surface area contributed by atoms with Gasteiger partial charge in [-0.25, -0.2) is 4.58 Å². The zero-order valence-corrected chi connectivity index (χ0v) is 18.4. The molecule has 0 fully saturated rings. The Kier molecular flexibility index (Phi) is 20.7. The Bertz CT molecular complexity index is 596. The van der Waals surface area contributed by atoms with Gasteiger partial charge < -0.3 is 0 Å². The van der Waals surface area contributed by atoms with E-state index >= 15 is 0 Å². The highest BCUT2D eigenvalue weighted by Crippen LogP contribution is 2.13. The SMILES string of the molecule is C=C/C=C\C(=C)C(=C)[N+](C)=CC(=C)c1ccc(C)cc1.CC.CC.CC. The predicted molar refractivity (Wildman–Crippen MR) is 124 cm³/mol. The van der Waals surface area contributed by atoms with E-state index in [0.29, 0.717) is 0 Å². The lowest BCUT2D eigenvalue weighted by molar-refractivity contribution is -0.432. The van der Waals surface area contributed by atoms with Gasteiger partial charge in [0, 0.05) is 11.1 Å². The van der Waals surface area contributed by atoms with Crippen LogP contribution in [0.3, 0.4) is 0 Å². The first-order valence-corrected chi connectivity index (χ1v) is 9.46. The van der Waals surface area contributed by atoms with Crippen LogP contribution in [0.1, 0.15) is 52.7 Å². The molecule has 0 unspecified atom stereocenters. The third-order valence-corrected chi connectivity index (χ3v) is 3.00. The van der Waals surface area contributed by atoms with Gasteiger partial charge in [-0.1, -0.05) is 103 Å². The van der Waals surface area contributed by atoms with Gasteiger partial charge >= 0.3 is 0 Å². The van der Waals surface area contributed by atoms with Crippen LogP contribution in [0.25, 0.3) is 5.57 Å². The third kappa shape index (κ3) is 12.0. The van der Waals surface area contributed by atoms with E-state index in [1.165, 1.54) is 5.56 Å². The van der Waals surface area contributed by atoms with Crippen LogP contribution in [0, 0.1) is 6.92 Å². The first kappa shape index (κ1) is 28.4. The summed E-state index contributed by atoms with van der Waals surface area (Å²) < 4.78 is 1.93. The summed E-state index contributed by atoms with van der Waals surface area (Å²) in [5.74, 6) is 0. The van der Waals surface area contributed by atoms with E-state index < -0.39 is 0 Å². The molecular weight excluding hydrogens is 314 g/mol. The van der Waals surface area contributed by atoms with Crippen molar-refractivity contribution in [3.8, 4) is 0 Å². The molecule has 0 amide bonds. The van der Waals surface area contributed by atoms with Crippen molar-refractivity contribution < 1.29 is 4.58 Å². The summed E-state index contributed by atoms with van der Waals surface area (Å²) in [6.07, 6.45) is 7.40. The molecule has 0 aliphatic heterocycles. The minimum atomic E-state index is 0.830. The molecule has 0 bridgehead atoms. The highest BCUT2D eigenvalue weighted by atomic mass is 15.0. The molecule has 0 saturated carbocycles. The molecule has 144 valence electrons. The molecule has 0 N–H and O–H groups in total. The summed E-state index contributed by atoms with van der Waals surface area (Å²) in [5.41, 5.74) is 4.95. The number of nitrogens with zero attached hydrogens (tertiary/aromatic N) is 1. The number of hydrogen-bond donors (Lipinski definition) is 0. The van der Waals surface area contributed by atoms with Crippen molar-refractivity contribution in [3.63, 3.8) is 0 Å². The number of hydrogen-bond acceptors (Lipinski definition) is 0. The van der Waals surface area contributed by atoms with Crippen LogP contribution >= 0.6 is 0 Å². The van der Waals surface area contributed by atoms with Crippen LogP contribution in [0.4, 0.5) is 0 Å². The number of benzene rings is 1. The molecule has 26 heavy (non-hydrogen) atoms. The maximum Gasteiger partial charge on any atom is 0.204 e. The summed E-state index contributed by atoms with van der Waals surface area (Å²) in [6, 6.07) is 8.29. The standard InChI is InChI=1S/C19H22N.3C2H6/c1-7-8-9-16(3)18(5)20(6)14-17(4)19-12-10-15(2)11-13-19;3*1-2/h7-14H,1,3-5H2,2,6H3;3*1-2H3/q+1;;;/b9-8-,20-14?;;;. The van der Waals surface area contributed by atoms with Crippen molar-refractivity contribution >= 4 is 11.8 Å². The molecule has 1 aromatic rings. The van der Waals surface area contributed by atoms with Crippen molar-refractivity contribution in [2.45, 2.75) is 48.5 Å². The maximum atomic E-state index is 4.10. The maximum absolute atomic E-state index is 4.10. The fraction of sp³-hybridized carbons (Fsp3) is 0.320. The summed E-state index contributed by atoms with van der Waals surface area (Å²) in [6.45, 7) is 29.8. The van der Waals surface area contributed by atoms with E-state index in [4.69, 9.17) is 0 Å². The fourth-order valence-corrected chi connectivity index (χ4v) is 1.66. The molecule has 0 heterocycles. The predicted octanol–water partition coefficient (Wildman–Crippen LogP) is 7.61. The van der Waals surface area contributed by atoms with Gasteiger partial charge in [-0.2, -0.15) is 0 Å². The fourth-order valence-electron chi connectivity index (χ4n) is 1.66. The van der Waals surface area contributed by atoms with Gasteiger partial charge in [0.2, 0.25) is 5.70 Å². The molecule has 0 aliphatic carbocycles. The van der Waals surface area contributed by atoms with Crippen molar-refractivity contribution in [2.24, 2.45) is 0 Å². The molecule has 1 aromatic carbocycles. The second-order valence-corrected chi connectivity index (χ2v) is 4.70. The second-order valence-electron chi connectivity index (χ2n) is 4.70. The van der Waals surface area contributed by atoms with Crippen LogP contribution in [0.5, 0.6) is 0 Å². The minimum absolute atomic E-state index is 0.830. The average Bonchev–Trinajstić information content (AvgIpc) is 2.70. The summed E-state index contributed by atoms with van der Waals surface area (Å²) in [7, 11) is 1.94. The highest BCUT2D eigenvalue weighted by Gasteiger charge is 2.08. The zero-order chi connectivity index (χ0) is 21.1. The van der Waals surface area contributed by atoms with Crippen LogP contribution in [0.15, 0.2) is 80.1 Å². The molecule has 0 aliphatic rings. The number of rotatable bonds is 6. The Labute approximate surface area is 163 Å². The number of aryl methyl sites for hydroxylation is 1. The molecule has 0 radical (unpaired) electrons. The topological polar surface area (TPSA) is 3.01 Å². The van der Waals surface area contributed by atoms with E-state index in [2.05, 4.69) is 57.5 Å². The van der Waals surface area contributed by atoms with Crippen LogP contribution in [0.2, 0.25) is 0 Å². The normalized spacial score (nSPS) is 9.46. The van der Waals surface area contributed by atoms with E-state index in [1.54, 1.807) is 6.08 Å². The molecule has 1 rings (SSSR count). The van der Waals surface area contributed by atoms with Gasteiger partial charge in [-0.3, -0.25) is 0 Å². The monoisotopic (exact) mass is 354 g/mol. The van der Waals surface area contributed by atoms with E-state index in [0.717, 1.165) is 22.4 Å². The second kappa shape index (κ2) is 18.9. The zero-order valence-electron chi connectivity index (χ0n) is 18.4. The minimum Gasteiger partial charge on any atom is -0.201 e. The Balaban J connectivity index is -0.000000795. The lowest BCUT2D eigenvalue weighted by atomic mass is 10.1. The Morgan fingerprint density at radius 1 is 0.885 bits per heavy atom. The van der Waals surface area contributed by atoms with Crippen molar-refractivity contribution in [3.05, 3.63) is 91.2 Å². The Morgan fingerprint density at radius 3 is 1.77 bits per heavy atom. The Hall–Kier alpha value is -2.41. The van der Waals surface area contributed by atoms with Crippen LogP contribution < -0.4 is 0 Å². The molecular formula is C25H40N+. The van der Waals surface area contributed by atoms with Crippen molar-refractivity contribution in [1.82, 2.24) is 0 Å². The van der Waals surface area contributed by atoms with Gasteiger partial charge in [0.25, 0.3) is 0 Å². The lowest BCUT2D eigenvalue weighted by Gasteiger charge is -2.03. The summed E-state index contributed by atoms with van der Waals surface area (Å²) >= 11 is 0. The summed E-state index contributed by atoms with van der Waals surface area (Å²) in [4.78, 5) is 0. The third-order valence-electron chi connectivity index (χ3n) is 3.00.